The van der Waals surface area contributed by atoms with Crippen molar-refractivity contribution in [3.05, 3.63) is 29.8 Å². The fraction of sp³-hybridized carbons (Fsp3) is 0.538. The molecular weight excluding hydrogens is 203 g/mol. The van der Waals surface area contributed by atoms with E-state index in [1.807, 2.05) is 12.1 Å². The Labute approximate surface area is 94.3 Å². The molecule has 0 aliphatic heterocycles. The van der Waals surface area contributed by atoms with Crippen LogP contribution >= 0.6 is 7.92 Å². The SMILES string of the molecule is CC(C)P(Cc1cccc(O)c1)C(C)C. The number of rotatable bonds is 4. The molecule has 0 atom stereocenters. The second kappa shape index (κ2) is 5.51. The second-order valence-electron chi connectivity index (χ2n) is 4.53. The van der Waals surface area contributed by atoms with Crippen molar-refractivity contribution in [2.24, 2.45) is 0 Å². The highest BCUT2D eigenvalue weighted by atomic mass is 31.1. The van der Waals surface area contributed by atoms with Crippen LogP contribution in [0.25, 0.3) is 0 Å². The summed E-state index contributed by atoms with van der Waals surface area (Å²) in [5, 5.41) is 9.41. The maximum atomic E-state index is 9.41. The molecule has 1 N–H and O–H groups in total. The molecule has 0 radical (unpaired) electrons. The summed E-state index contributed by atoms with van der Waals surface area (Å²) in [5.74, 6) is 0.384. The largest absolute Gasteiger partial charge is 0.508 e. The van der Waals surface area contributed by atoms with Crippen LogP contribution in [0.4, 0.5) is 0 Å². The van der Waals surface area contributed by atoms with Crippen molar-refractivity contribution in [2.75, 3.05) is 0 Å². The van der Waals surface area contributed by atoms with Gasteiger partial charge < -0.3 is 5.11 Å². The molecule has 0 unspecified atom stereocenters. The second-order valence-corrected chi connectivity index (χ2v) is 7.94. The van der Waals surface area contributed by atoms with Crippen LogP contribution in [0.1, 0.15) is 33.3 Å². The van der Waals surface area contributed by atoms with E-state index in [9.17, 15) is 5.11 Å². The smallest absolute Gasteiger partial charge is 0.115 e. The first kappa shape index (κ1) is 12.5. The summed E-state index contributed by atoms with van der Waals surface area (Å²) >= 11 is 0. The molecule has 0 aliphatic carbocycles. The molecule has 0 fully saturated rings. The van der Waals surface area contributed by atoms with Gasteiger partial charge in [0, 0.05) is 0 Å². The predicted molar refractivity (Wildman–Crippen MR) is 69.0 cm³/mol. The number of phenols is 1. The van der Waals surface area contributed by atoms with Crippen LogP contribution < -0.4 is 0 Å². The fourth-order valence-corrected chi connectivity index (χ4v) is 4.37. The normalized spacial score (nSPS) is 11.7. The van der Waals surface area contributed by atoms with Gasteiger partial charge in [-0.05, 0) is 35.2 Å². The first-order valence-corrected chi connectivity index (χ1v) is 7.21. The van der Waals surface area contributed by atoms with Crippen LogP contribution in [0.5, 0.6) is 5.75 Å². The van der Waals surface area contributed by atoms with Crippen LogP contribution in [-0.2, 0) is 6.16 Å². The Morgan fingerprint density at radius 3 is 2.20 bits per heavy atom. The molecule has 1 aromatic carbocycles. The summed E-state index contributed by atoms with van der Waals surface area (Å²) in [4.78, 5) is 0. The molecule has 0 spiro atoms. The first-order valence-electron chi connectivity index (χ1n) is 5.54. The maximum Gasteiger partial charge on any atom is 0.115 e. The van der Waals surface area contributed by atoms with E-state index in [0.29, 0.717) is 5.75 Å². The summed E-state index contributed by atoms with van der Waals surface area (Å²) < 4.78 is 0. The Bertz CT molecular complexity index is 299. The third-order valence-corrected chi connectivity index (χ3v) is 5.99. The highest BCUT2D eigenvalue weighted by molar-refractivity contribution is 7.58. The van der Waals surface area contributed by atoms with Gasteiger partial charge in [0.2, 0.25) is 0 Å². The molecular formula is C13H21OP. The van der Waals surface area contributed by atoms with Gasteiger partial charge in [0.15, 0.2) is 0 Å². The molecule has 1 aromatic rings. The Morgan fingerprint density at radius 1 is 1.13 bits per heavy atom. The number of benzene rings is 1. The van der Waals surface area contributed by atoms with Crippen molar-refractivity contribution in [1.29, 1.82) is 0 Å². The Hall–Kier alpha value is -0.550. The number of aromatic hydroxyl groups is 1. The molecule has 2 heteroatoms. The van der Waals surface area contributed by atoms with Crippen LogP contribution in [0.3, 0.4) is 0 Å². The van der Waals surface area contributed by atoms with E-state index in [1.54, 1.807) is 6.07 Å². The molecule has 1 rings (SSSR count). The molecule has 0 aromatic heterocycles. The van der Waals surface area contributed by atoms with Gasteiger partial charge in [0.25, 0.3) is 0 Å². The van der Waals surface area contributed by atoms with Gasteiger partial charge in [-0.25, -0.2) is 0 Å². The molecule has 84 valence electrons. The third-order valence-electron chi connectivity index (χ3n) is 2.60. The van der Waals surface area contributed by atoms with E-state index >= 15 is 0 Å². The van der Waals surface area contributed by atoms with E-state index in [2.05, 4.69) is 33.8 Å². The summed E-state index contributed by atoms with van der Waals surface area (Å²) in [5.41, 5.74) is 2.77. The lowest BCUT2D eigenvalue weighted by Crippen LogP contribution is -2.05. The zero-order valence-corrected chi connectivity index (χ0v) is 11.0. The molecule has 0 amide bonds. The quantitative estimate of drug-likeness (QED) is 0.760. The molecule has 0 saturated carbocycles. The summed E-state index contributed by atoms with van der Waals surface area (Å²) in [7, 11) is 0.0216. The van der Waals surface area contributed by atoms with Crippen molar-refractivity contribution in [3.8, 4) is 5.75 Å². The van der Waals surface area contributed by atoms with Crippen LogP contribution in [-0.4, -0.2) is 16.4 Å². The lowest BCUT2D eigenvalue weighted by Gasteiger charge is -2.25. The zero-order chi connectivity index (χ0) is 11.4. The minimum Gasteiger partial charge on any atom is -0.508 e. The lowest BCUT2D eigenvalue weighted by molar-refractivity contribution is 0.475. The van der Waals surface area contributed by atoms with E-state index in [0.717, 1.165) is 17.5 Å². The number of hydrogen-bond acceptors (Lipinski definition) is 1. The van der Waals surface area contributed by atoms with Gasteiger partial charge in [-0.15, -0.1) is 0 Å². The monoisotopic (exact) mass is 224 g/mol. The summed E-state index contributed by atoms with van der Waals surface area (Å²) in [6.07, 6.45) is 1.12. The highest BCUT2D eigenvalue weighted by Crippen LogP contribution is 2.49. The average molecular weight is 224 g/mol. The molecule has 1 nitrogen and oxygen atoms in total. The number of hydrogen-bond donors (Lipinski definition) is 1. The Morgan fingerprint density at radius 2 is 1.73 bits per heavy atom. The lowest BCUT2D eigenvalue weighted by atomic mass is 10.2. The van der Waals surface area contributed by atoms with E-state index in [-0.39, 0.29) is 7.92 Å². The maximum absolute atomic E-state index is 9.41. The molecule has 0 saturated heterocycles. The van der Waals surface area contributed by atoms with Crippen molar-refractivity contribution < 1.29 is 5.11 Å². The van der Waals surface area contributed by atoms with Gasteiger partial charge in [0.05, 0.1) is 0 Å². The average Bonchev–Trinajstić information content (AvgIpc) is 2.13. The van der Waals surface area contributed by atoms with Crippen molar-refractivity contribution in [2.45, 2.75) is 45.2 Å². The number of phenolic OH excluding ortho intramolecular Hbond substituents is 1. The Balaban J connectivity index is 2.74. The van der Waals surface area contributed by atoms with Crippen molar-refractivity contribution in [3.63, 3.8) is 0 Å². The minimum absolute atomic E-state index is 0.0216. The Kier molecular flexibility index (Phi) is 4.60. The minimum atomic E-state index is 0.0216. The van der Waals surface area contributed by atoms with Gasteiger partial charge >= 0.3 is 0 Å². The third kappa shape index (κ3) is 3.83. The van der Waals surface area contributed by atoms with Gasteiger partial charge in [-0.2, -0.15) is 0 Å². The molecule has 15 heavy (non-hydrogen) atoms. The predicted octanol–water partition coefficient (Wildman–Crippen LogP) is 4.19. The van der Waals surface area contributed by atoms with E-state index < -0.39 is 0 Å². The molecule has 0 bridgehead atoms. The summed E-state index contributed by atoms with van der Waals surface area (Å²) in [6.45, 7) is 9.20. The van der Waals surface area contributed by atoms with Gasteiger partial charge in [0.1, 0.15) is 5.75 Å². The van der Waals surface area contributed by atoms with Crippen molar-refractivity contribution >= 4 is 7.92 Å². The van der Waals surface area contributed by atoms with Crippen LogP contribution in [0, 0.1) is 0 Å². The van der Waals surface area contributed by atoms with Gasteiger partial charge in [-0.3, -0.25) is 0 Å². The van der Waals surface area contributed by atoms with E-state index in [4.69, 9.17) is 0 Å². The van der Waals surface area contributed by atoms with Gasteiger partial charge in [-0.1, -0.05) is 47.7 Å². The van der Waals surface area contributed by atoms with Crippen LogP contribution in [0.2, 0.25) is 0 Å². The zero-order valence-electron chi connectivity index (χ0n) is 10.1. The van der Waals surface area contributed by atoms with Crippen molar-refractivity contribution in [1.82, 2.24) is 0 Å². The van der Waals surface area contributed by atoms with Crippen LogP contribution in [0.15, 0.2) is 24.3 Å². The summed E-state index contributed by atoms with van der Waals surface area (Å²) in [6, 6.07) is 7.66. The first-order chi connectivity index (χ1) is 7.00. The standard InChI is InChI=1S/C13H21OP/c1-10(2)15(11(3)4)9-12-6-5-7-13(14)8-12/h5-8,10-11,14H,9H2,1-4H3. The molecule has 0 aliphatic rings. The van der Waals surface area contributed by atoms with E-state index in [1.165, 1.54) is 5.56 Å². The molecule has 0 heterocycles. The fourth-order valence-electron chi connectivity index (χ4n) is 1.83. The highest BCUT2D eigenvalue weighted by Gasteiger charge is 2.16. The topological polar surface area (TPSA) is 20.2 Å².